The minimum absolute atomic E-state index is 0.499. The molecule has 0 nitrogen and oxygen atoms in total. The number of halogens is 3. The lowest BCUT2D eigenvalue weighted by Gasteiger charge is -2.08. The predicted molar refractivity (Wildman–Crippen MR) is 69.8 cm³/mol. The lowest BCUT2D eigenvalue weighted by Crippen LogP contribution is -1.85. The van der Waals surface area contributed by atoms with Crippen LogP contribution in [-0.4, -0.2) is 0 Å². The molecule has 0 heterocycles. The predicted octanol–water partition coefficient (Wildman–Crippen LogP) is 5.35. The smallest absolute Gasteiger partial charge is 0.173 e. The summed E-state index contributed by atoms with van der Waals surface area (Å²) in [7, 11) is 0. The summed E-state index contributed by atoms with van der Waals surface area (Å²) in [4.78, 5) is 0. The summed E-state index contributed by atoms with van der Waals surface area (Å²) in [6, 6.07) is 14.9. The van der Waals surface area contributed by atoms with Crippen molar-refractivity contribution < 1.29 is 8.78 Å². The van der Waals surface area contributed by atoms with Crippen LogP contribution in [0.5, 0.6) is 0 Å². The van der Waals surface area contributed by atoms with Gasteiger partial charge in [-0.3, -0.25) is 0 Å². The normalized spacial score (nSPS) is 10.1. The van der Waals surface area contributed by atoms with E-state index in [-0.39, 0.29) is 0 Å². The maximum Gasteiger partial charge on any atom is 0.270 e. The maximum atomic E-state index is 12.4. The van der Waals surface area contributed by atoms with Gasteiger partial charge in [0.1, 0.15) is 0 Å². The second-order valence-electron chi connectivity index (χ2n) is 3.50. The van der Waals surface area contributed by atoms with Crippen LogP contribution in [0.25, 0.3) is 17.2 Å². The van der Waals surface area contributed by atoms with Gasteiger partial charge in [0.2, 0.25) is 0 Å². The average molecular weight is 295 g/mol. The van der Waals surface area contributed by atoms with E-state index < -0.39 is 6.08 Å². The Morgan fingerprint density at radius 3 is 2.29 bits per heavy atom. The van der Waals surface area contributed by atoms with Gasteiger partial charge in [0.15, 0.2) is 0 Å². The molecule has 2 rings (SSSR count). The first-order valence-corrected chi connectivity index (χ1v) is 5.84. The number of rotatable bonds is 2. The van der Waals surface area contributed by atoms with Crippen molar-refractivity contribution in [2.24, 2.45) is 0 Å². The zero-order valence-electron chi connectivity index (χ0n) is 8.83. The Morgan fingerprint density at radius 1 is 0.941 bits per heavy atom. The Morgan fingerprint density at radius 2 is 1.65 bits per heavy atom. The topological polar surface area (TPSA) is 0 Å². The third kappa shape index (κ3) is 2.80. The molecule has 0 unspecified atom stereocenters. The van der Waals surface area contributed by atoms with E-state index in [9.17, 15) is 8.78 Å². The van der Waals surface area contributed by atoms with Crippen LogP contribution >= 0.6 is 15.9 Å². The Hall–Kier alpha value is -1.48. The molecule has 0 aliphatic rings. The fourth-order valence-electron chi connectivity index (χ4n) is 1.66. The summed E-state index contributed by atoms with van der Waals surface area (Å²) in [6.07, 6.45) is -0.819. The molecular formula is C14H9BrF2. The van der Waals surface area contributed by atoms with Gasteiger partial charge in [-0.25, -0.2) is 0 Å². The molecule has 2 aromatic carbocycles. The van der Waals surface area contributed by atoms with E-state index in [1.807, 2.05) is 42.5 Å². The Bertz CT molecular complexity index is 543. The Labute approximate surface area is 107 Å². The van der Waals surface area contributed by atoms with E-state index in [2.05, 4.69) is 15.9 Å². The first-order valence-electron chi connectivity index (χ1n) is 5.05. The van der Waals surface area contributed by atoms with Gasteiger partial charge in [-0.05, 0) is 17.2 Å². The van der Waals surface area contributed by atoms with E-state index in [1.54, 1.807) is 6.07 Å². The fraction of sp³-hybridized carbons (Fsp3) is 0. The second kappa shape index (κ2) is 5.23. The summed E-state index contributed by atoms with van der Waals surface area (Å²) in [5.74, 6) is 0. The largest absolute Gasteiger partial charge is 0.270 e. The highest BCUT2D eigenvalue weighted by atomic mass is 79.9. The number of benzene rings is 2. The van der Waals surface area contributed by atoms with Gasteiger partial charge in [-0.1, -0.05) is 58.4 Å². The van der Waals surface area contributed by atoms with Crippen molar-refractivity contribution in [1.82, 2.24) is 0 Å². The standard InChI is InChI=1S/C14H9BrF2/c15-13-8-4-7-11(12(13)9-14(16)17)10-5-2-1-3-6-10/h1-9H. The summed E-state index contributed by atoms with van der Waals surface area (Å²) in [6.45, 7) is 0. The second-order valence-corrected chi connectivity index (χ2v) is 4.36. The van der Waals surface area contributed by atoms with E-state index in [4.69, 9.17) is 0 Å². The first-order chi connectivity index (χ1) is 8.18. The van der Waals surface area contributed by atoms with E-state index in [0.717, 1.165) is 17.2 Å². The van der Waals surface area contributed by atoms with Gasteiger partial charge in [-0.2, -0.15) is 8.78 Å². The summed E-state index contributed by atoms with van der Waals surface area (Å²) < 4.78 is 25.5. The molecule has 0 radical (unpaired) electrons. The minimum Gasteiger partial charge on any atom is -0.173 e. The van der Waals surface area contributed by atoms with Crippen molar-refractivity contribution in [3.8, 4) is 11.1 Å². The highest BCUT2D eigenvalue weighted by Crippen LogP contribution is 2.31. The van der Waals surface area contributed by atoms with Crippen molar-refractivity contribution in [2.75, 3.05) is 0 Å². The van der Waals surface area contributed by atoms with Crippen LogP contribution in [0.3, 0.4) is 0 Å². The van der Waals surface area contributed by atoms with Gasteiger partial charge in [0.25, 0.3) is 6.08 Å². The molecule has 3 heteroatoms. The Kier molecular flexibility index (Phi) is 3.69. The van der Waals surface area contributed by atoms with Gasteiger partial charge in [0.05, 0.1) is 0 Å². The van der Waals surface area contributed by atoms with Crippen molar-refractivity contribution >= 4 is 22.0 Å². The van der Waals surface area contributed by atoms with Crippen LogP contribution in [0.1, 0.15) is 5.56 Å². The molecule has 0 aliphatic heterocycles. The number of hydrogen-bond donors (Lipinski definition) is 0. The van der Waals surface area contributed by atoms with Crippen LogP contribution in [0.4, 0.5) is 8.78 Å². The number of hydrogen-bond acceptors (Lipinski definition) is 0. The van der Waals surface area contributed by atoms with Gasteiger partial charge in [-0.15, -0.1) is 0 Å². The van der Waals surface area contributed by atoms with Crippen molar-refractivity contribution in [3.63, 3.8) is 0 Å². The molecule has 0 N–H and O–H groups in total. The van der Waals surface area contributed by atoms with Crippen molar-refractivity contribution in [2.45, 2.75) is 0 Å². The highest BCUT2D eigenvalue weighted by Gasteiger charge is 2.07. The first kappa shape index (κ1) is 12.0. The molecule has 0 spiro atoms. The molecule has 2 aromatic rings. The van der Waals surface area contributed by atoms with Gasteiger partial charge in [0, 0.05) is 16.1 Å². The molecule has 0 bridgehead atoms. The average Bonchev–Trinajstić information content (AvgIpc) is 2.32. The summed E-state index contributed by atoms with van der Waals surface area (Å²) in [5, 5.41) is 0. The van der Waals surface area contributed by atoms with Crippen LogP contribution < -0.4 is 0 Å². The molecular weight excluding hydrogens is 286 g/mol. The van der Waals surface area contributed by atoms with Crippen LogP contribution in [0.2, 0.25) is 0 Å². The van der Waals surface area contributed by atoms with Crippen LogP contribution in [-0.2, 0) is 0 Å². The molecule has 17 heavy (non-hydrogen) atoms. The highest BCUT2D eigenvalue weighted by molar-refractivity contribution is 9.10. The van der Waals surface area contributed by atoms with E-state index in [1.165, 1.54) is 0 Å². The van der Waals surface area contributed by atoms with Crippen LogP contribution in [0, 0.1) is 0 Å². The van der Waals surface area contributed by atoms with E-state index >= 15 is 0 Å². The third-order valence-corrected chi connectivity index (χ3v) is 3.08. The maximum absolute atomic E-state index is 12.4. The van der Waals surface area contributed by atoms with E-state index in [0.29, 0.717) is 10.0 Å². The monoisotopic (exact) mass is 294 g/mol. The lowest BCUT2D eigenvalue weighted by molar-refractivity contribution is 0.429. The molecule has 0 atom stereocenters. The third-order valence-electron chi connectivity index (χ3n) is 2.39. The molecule has 0 amide bonds. The minimum atomic E-state index is -1.70. The van der Waals surface area contributed by atoms with Gasteiger partial charge < -0.3 is 0 Å². The van der Waals surface area contributed by atoms with Gasteiger partial charge >= 0.3 is 0 Å². The molecule has 86 valence electrons. The zero-order chi connectivity index (χ0) is 12.3. The molecule has 0 fully saturated rings. The molecule has 0 saturated heterocycles. The zero-order valence-corrected chi connectivity index (χ0v) is 10.4. The van der Waals surface area contributed by atoms with Crippen molar-refractivity contribution in [1.29, 1.82) is 0 Å². The summed E-state index contributed by atoms with van der Waals surface area (Å²) in [5.41, 5.74) is 2.20. The van der Waals surface area contributed by atoms with Crippen molar-refractivity contribution in [3.05, 3.63) is 64.6 Å². The quantitative estimate of drug-likeness (QED) is 0.700. The Balaban J connectivity index is 2.62. The SMILES string of the molecule is FC(F)=Cc1c(Br)cccc1-c1ccccc1. The summed E-state index contributed by atoms with van der Waals surface area (Å²) >= 11 is 3.29. The molecule has 0 aliphatic carbocycles. The molecule has 0 saturated carbocycles. The fourth-order valence-corrected chi connectivity index (χ4v) is 2.14. The van der Waals surface area contributed by atoms with Crippen LogP contribution in [0.15, 0.2) is 59.1 Å². The lowest BCUT2D eigenvalue weighted by atomic mass is 10.00. The molecule has 0 aromatic heterocycles.